The summed E-state index contributed by atoms with van der Waals surface area (Å²) in [5.74, 6) is 0.199. The number of aromatic nitrogens is 1. The lowest BCUT2D eigenvalue weighted by molar-refractivity contribution is -0.121. The Labute approximate surface area is 154 Å². The van der Waals surface area contributed by atoms with Gasteiger partial charge in [0, 0.05) is 24.2 Å². The van der Waals surface area contributed by atoms with Gasteiger partial charge in [0.2, 0.25) is 5.91 Å². The van der Waals surface area contributed by atoms with Crippen molar-refractivity contribution in [2.45, 2.75) is 45.6 Å². The Morgan fingerprint density at radius 3 is 3.00 bits per heavy atom. The number of aryl methyl sites for hydroxylation is 1. The molecule has 0 bridgehead atoms. The molecule has 1 amide bonds. The van der Waals surface area contributed by atoms with Crippen LogP contribution in [0.5, 0.6) is 0 Å². The van der Waals surface area contributed by atoms with Gasteiger partial charge in [-0.25, -0.2) is 4.98 Å². The van der Waals surface area contributed by atoms with Gasteiger partial charge in [0.15, 0.2) is 0 Å². The molecule has 0 saturated carbocycles. The minimum Gasteiger partial charge on any atom is -0.326 e. The number of nitrogens with zero attached hydrogens (tertiary/aromatic N) is 2. The number of amides is 1. The fourth-order valence-corrected chi connectivity index (χ4v) is 4.10. The van der Waals surface area contributed by atoms with Crippen LogP contribution in [0.25, 0.3) is 0 Å². The van der Waals surface area contributed by atoms with Crippen LogP contribution < -0.4 is 5.32 Å². The molecule has 1 fully saturated rings. The molecule has 1 aliphatic heterocycles. The highest BCUT2D eigenvalue weighted by atomic mass is 32.1. The highest BCUT2D eigenvalue weighted by Gasteiger charge is 2.26. The van der Waals surface area contributed by atoms with Gasteiger partial charge in [-0.2, -0.15) is 0 Å². The first-order valence-electron chi connectivity index (χ1n) is 9.26. The summed E-state index contributed by atoms with van der Waals surface area (Å²) >= 11 is 1.77. The number of thiazole rings is 1. The van der Waals surface area contributed by atoms with E-state index in [9.17, 15) is 4.79 Å². The zero-order valence-electron chi connectivity index (χ0n) is 14.9. The van der Waals surface area contributed by atoms with Crippen molar-refractivity contribution in [3.05, 3.63) is 46.4 Å². The summed E-state index contributed by atoms with van der Waals surface area (Å²) in [4.78, 5) is 19.7. The molecule has 0 aliphatic carbocycles. The molecule has 134 valence electrons. The van der Waals surface area contributed by atoms with Gasteiger partial charge in [-0.15, -0.1) is 11.3 Å². The number of benzene rings is 1. The van der Waals surface area contributed by atoms with Crippen molar-refractivity contribution in [1.29, 1.82) is 0 Å². The fraction of sp³-hybridized carbons (Fsp3) is 0.500. The largest absolute Gasteiger partial charge is 0.326 e. The molecule has 2 heterocycles. The van der Waals surface area contributed by atoms with Crippen molar-refractivity contribution in [2.75, 3.05) is 18.4 Å². The van der Waals surface area contributed by atoms with Crippen molar-refractivity contribution in [2.24, 2.45) is 5.92 Å². The number of carbonyl (C=O) groups is 1. The van der Waals surface area contributed by atoms with Crippen LogP contribution in [0.1, 0.15) is 43.3 Å². The quantitative estimate of drug-likeness (QED) is 0.802. The SMILES string of the molecule is CCCCc1nc(CN2CCCC(C(=O)Nc3ccccc3)C2)cs1. The normalized spacial score (nSPS) is 18.2. The Hall–Kier alpha value is -1.72. The van der Waals surface area contributed by atoms with E-state index < -0.39 is 0 Å². The fourth-order valence-electron chi connectivity index (χ4n) is 3.27. The molecule has 1 N–H and O–H groups in total. The van der Waals surface area contributed by atoms with Crippen molar-refractivity contribution < 1.29 is 4.79 Å². The van der Waals surface area contributed by atoms with Crippen LogP contribution in [0.3, 0.4) is 0 Å². The Morgan fingerprint density at radius 1 is 1.36 bits per heavy atom. The third-order valence-electron chi connectivity index (χ3n) is 4.65. The molecule has 1 aromatic heterocycles. The zero-order valence-corrected chi connectivity index (χ0v) is 15.7. The van der Waals surface area contributed by atoms with Gasteiger partial charge in [0.25, 0.3) is 0 Å². The molecule has 5 heteroatoms. The third kappa shape index (κ3) is 5.38. The maximum absolute atomic E-state index is 12.5. The Bertz CT molecular complexity index is 671. The minimum absolute atomic E-state index is 0.0622. The first kappa shape index (κ1) is 18.1. The highest BCUT2D eigenvalue weighted by molar-refractivity contribution is 7.09. The lowest BCUT2D eigenvalue weighted by Gasteiger charge is -2.31. The van der Waals surface area contributed by atoms with Crippen LogP contribution in [0.2, 0.25) is 0 Å². The number of likely N-dealkylation sites (tertiary alicyclic amines) is 1. The van der Waals surface area contributed by atoms with Crippen LogP contribution >= 0.6 is 11.3 Å². The number of hydrogen-bond donors (Lipinski definition) is 1. The monoisotopic (exact) mass is 357 g/mol. The van der Waals surface area contributed by atoms with Crippen molar-refractivity contribution in [3.8, 4) is 0 Å². The Balaban J connectivity index is 1.52. The predicted octanol–water partition coefficient (Wildman–Crippen LogP) is 4.34. The Morgan fingerprint density at radius 2 is 2.20 bits per heavy atom. The second kappa shape index (κ2) is 9.11. The summed E-state index contributed by atoms with van der Waals surface area (Å²) in [6.07, 6.45) is 5.54. The van der Waals surface area contributed by atoms with E-state index in [4.69, 9.17) is 4.98 Å². The average Bonchev–Trinajstić information content (AvgIpc) is 3.08. The van der Waals surface area contributed by atoms with E-state index in [1.807, 2.05) is 30.3 Å². The van der Waals surface area contributed by atoms with Crippen LogP contribution in [0.15, 0.2) is 35.7 Å². The molecule has 1 aliphatic rings. The number of rotatable bonds is 7. The number of nitrogens with one attached hydrogen (secondary N) is 1. The van der Waals surface area contributed by atoms with Gasteiger partial charge in [0.05, 0.1) is 16.6 Å². The van der Waals surface area contributed by atoms with Gasteiger partial charge in [-0.1, -0.05) is 31.5 Å². The maximum Gasteiger partial charge on any atom is 0.228 e. The first-order chi connectivity index (χ1) is 12.2. The summed E-state index contributed by atoms with van der Waals surface area (Å²) in [5.41, 5.74) is 2.03. The lowest BCUT2D eigenvalue weighted by Crippen LogP contribution is -2.40. The second-order valence-corrected chi connectivity index (χ2v) is 7.71. The van der Waals surface area contributed by atoms with Gasteiger partial charge in [-0.3, -0.25) is 9.69 Å². The average molecular weight is 358 g/mol. The van der Waals surface area contributed by atoms with Crippen LogP contribution in [0.4, 0.5) is 5.69 Å². The molecule has 3 rings (SSSR count). The molecule has 1 atom stereocenters. The summed E-state index contributed by atoms with van der Waals surface area (Å²) < 4.78 is 0. The number of para-hydroxylation sites is 1. The van der Waals surface area contributed by atoms with E-state index in [0.29, 0.717) is 0 Å². The standard InChI is InChI=1S/C20H27N3OS/c1-2-3-11-19-21-18(15-25-19)14-23-12-7-8-16(13-23)20(24)22-17-9-5-4-6-10-17/h4-6,9-10,15-16H,2-3,7-8,11-14H2,1H3,(H,22,24). The number of unbranched alkanes of at least 4 members (excludes halogenated alkanes) is 1. The molecule has 0 spiro atoms. The van der Waals surface area contributed by atoms with Crippen molar-refractivity contribution >= 4 is 22.9 Å². The predicted molar refractivity (Wildman–Crippen MR) is 104 cm³/mol. The highest BCUT2D eigenvalue weighted by Crippen LogP contribution is 2.21. The molecular weight excluding hydrogens is 330 g/mol. The van der Waals surface area contributed by atoms with Gasteiger partial charge in [-0.05, 0) is 44.4 Å². The van der Waals surface area contributed by atoms with Crippen LogP contribution in [0, 0.1) is 5.92 Å². The van der Waals surface area contributed by atoms with E-state index in [2.05, 4.69) is 22.5 Å². The summed E-state index contributed by atoms with van der Waals surface area (Å²) in [5, 5.41) is 6.47. The lowest BCUT2D eigenvalue weighted by atomic mass is 9.97. The molecule has 0 radical (unpaired) electrons. The molecule has 1 aromatic carbocycles. The molecule has 1 saturated heterocycles. The van der Waals surface area contributed by atoms with E-state index in [1.54, 1.807) is 11.3 Å². The summed E-state index contributed by atoms with van der Waals surface area (Å²) in [6.45, 7) is 4.94. The maximum atomic E-state index is 12.5. The topological polar surface area (TPSA) is 45.2 Å². The van der Waals surface area contributed by atoms with E-state index in [0.717, 1.165) is 50.3 Å². The number of piperidine rings is 1. The van der Waals surface area contributed by atoms with Crippen molar-refractivity contribution in [1.82, 2.24) is 9.88 Å². The van der Waals surface area contributed by atoms with Gasteiger partial charge < -0.3 is 5.32 Å². The minimum atomic E-state index is 0.0622. The number of hydrogen-bond acceptors (Lipinski definition) is 4. The molecule has 2 aromatic rings. The molecule has 25 heavy (non-hydrogen) atoms. The van der Waals surface area contributed by atoms with E-state index in [1.165, 1.54) is 17.8 Å². The molecule has 1 unspecified atom stereocenters. The van der Waals surface area contributed by atoms with E-state index in [-0.39, 0.29) is 11.8 Å². The number of anilines is 1. The molecular formula is C20H27N3OS. The van der Waals surface area contributed by atoms with Crippen LogP contribution in [-0.2, 0) is 17.8 Å². The Kier molecular flexibility index (Phi) is 6.59. The van der Waals surface area contributed by atoms with Gasteiger partial charge in [0.1, 0.15) is 0 Å². The smallest absolute Gasteiger partial charge is 0.228 e. The molecule has 4 nitrogen and oxygen atoms in total. The summed E-state index contributed by atoms with van der Waals surface area (Å²) in [6, 6.07) is 9.72. The van der Waals surface area contributed by atoms with Gasteiger partial charge >= 0.3 is 0 Å². The zero-order chi connectivity index (χ0) is 17.5. The van der Waals surface area contributed by atoms with Crippen LogP contribution in [-0.4, -0.2) is 28.9 Å². The number of carbonyl (C=O) groups excluding carboxylic acids is 1. The summed E-state index contributed by atoms with van der Waals surface area (Å²) in [7, 11) is 0. The van der Waals surface area contributed by atoms with E-state index >= 15 is 0 Å². The first-order valence-corrected chi connectivity index (χ1v) is 10.1. The third-order valence-corrected chi connectivity index (χ3v) is 5.60. The van der Waals surface area contributed by atoms with Crippen molar-refractivity contribution in [3.63, 3.8) is 0 Å². The second-order valence-electron chi connectivity index (χ2n) is 6.77.